The summed E-state index contributed by atoms with van der Waals surface area (Å²) in [6.45, 7) is 2.74. The normalized spacial score (nSPS) is 10.6. The average Bonchev–Trinajstić information content (AvgIpc) is 2.53. The van der Waals surface area contributed by atoms with Gasteiger partial charge in [0.15, 0.2) is 0 Å². The van der Waals surface area contributed by atoms with Crippen LogP contribution in [0.3, 0.4) is 0 Å². The van der Waals surface area contributed by atoms with Crippen molar-refractivity contribution >= 4 is 28.4 Å². The van der Waals surface area contributed by atoms with Gasteiger partial charge in [0.1, 0.15) is 5.82 Å². The van der Waals surface area contributed by atoms with Crippen molar-refractivity contribution in [3.8, 4) is 0 Å². The Balaban J connectivity index is 1.93. The number of rotatable bonds is 4. The van der Waals surface area contributed by atoms with E-state index in [9.17, 15) is 0 Å². The lowest BCUT2D eigenvalue weighted by Crippen LogP contribution is -2.05. The third-order valence-corrected chi connectivity index (χ3v) is 3.52. The third kappa shape index (κ3) is 2.93. The minimum absolute atomic E-state index is 0.609. The number of aryl methyl sites for hydroxylation is 1. The summed E-state index contributed by atoms with van der Waals surface area (Å²) in [5, 5.41) is 7.41. The molecule has 0 atom stereocenters. The molecule has 0 fully saturated rings. The van der Waals surface area contributed by atoms with Crippen LogP contribution in [0, 0.1) is 6.92 Å². The molecule has 5 nitrogen and oxygen atoms in total. The van der Waals surface area contributed by atoms with E-state index < -0.39 is 0 Å². The van der Waals surface area contributed by atoms with Gasteiger partial charge in [0, 0.05) is 24.7 Å². The van der Waals surface area contributed by atoms with Gasteiger partial charge in [0.2, 0.25) is 5.95 Å². The van der Waals surface area contributed by atoms with Crippen LogP contribution in [0.25, 0.3) is 10.9 Å². The topological polar surface area (TPSA) is 75.9 Å². The summed E-state index contributed by atoms with van der Waals surface area (Å²) in [4.78, 5) is 9.03. The number of hydrogen-bond acceptors (Lipinski definition) is 5. The molecule has 2 aromatic carbocycles. The molecule has 5 heteroatoms. The van der Waals surface area contributed by atoms with Crippen LogP contribution in [0.1, 0.15) is 11.1 Å². The summed E-state index contributed by atoms with van der Waals surface area (Å²) in [5.74, 6) is 1.43. The van der Waals surface area contributed by atoms with Gasteiger partial charge in [0.05, 0.1) is 5.52 Å². The minimum Gasteiger partial charge on any atom is -0.399 e. The highest BCUT2D eigenvalue weighted by Gasteiger charge is 2.07. The lowest BCUT2D eigenvalue weighted by molar-refractivity contribution is 1.10. The summed E-state index contributed by atoms with van der Waals surface area (Å²) in [6.07, 6.45) is 0. The fourth-order valence-corrected chi connectivity index (χ4v) is 2.31. The van der Waals surface area contributed by atoms with Gasteiger partial charge in [-0.15, -0.1) is 0 Å². The first-order chi connectivity index (χ1) is 10.7. The van der Waals surface area contributed by atoms with Crippen molar-refractivity contribution in [1.29, 1.82) is 0 Å². The molecule has 0 saturated heterocycles. The quantitative estimate of drug-likeness (QED) is 0.644. The SMILES string of the molecule is CNc1nc(NCc2ccc(N)cc2)c2ccc(C)cc2n1. The molecule has 4 N–H and O–H groups in total. The van der Waals surface area contributed by atoms with Crippen molar-refractivity contribution in [2.45, 2.75) is 13.5 Å². The summed E-state index contributed by atoms with van der Waals surface area (Å²) in [6, 6.07) is 14.0. The smallest absolute Gasteiger partial charge is 0.224 e. The van der Waals surface area contributed by atoms with Gasteiger partial charge in [-0.1, -0.05) is 18.2 Å². The second-order valence-corrected chi connectivity index (χ2v) is 5.26. The Kier molecular flexibility index (Phi) is 3.78. The van der Waals surface area contributed by atoms with Gasteiger partial charge in [-0.25, -0.2) is 4.98 Å². The van der Waals surface area contributed by atoms with E-state index in [2.05, 4.69) is 45.7 Å². The van der Waals surface area contributed by atoms with Crippen LogP contribution < -0.4 is 16.4 Å². The predicted molar refractivity (Wildman–Crippen MR) is 92.0 cm³/mol. The molecular formula is C17H19N5. The van der Waals surface area contributed by atoms with Crippen LogP contribution in [0.2, 0.25) is 0 Å². The number of nitrogens with one attached hydrogen (secondary N) is 2. The minimum atomic E-state index is 0.609. The summed E-state index contributed by atoms with van der Waals surface area (Å²) < 4.78 is 0. The largest absolute Gasteiger partial charge is 0.399 e. The second kappa shape index (κ2) is 5.89. The van der Waals surface area contributed by atoms with Crippen molar-refractivity contribution in [1.82, 2.24) is 9.97 Å². The second-order valence-electron chi connectivity index (χ2n) is 5.26. The van der Waals surface area contributed by atoms with Gasteiger partial charge in [-0.05, 0) is 42.3 Å². The number of aromatic nitrogens is 2. The first-order valence-electron chi connectivity index (χ1n) is 7.20. The molecule has 0 unspecified atom stereocenters. The summed E-state index contributed by atoms with van der Waals surface area (Å²) >= 11 is 0. The lowest BCUT2D eigenvalue weighted by atomic mass is 10.1. The third-order valence-electron chi connectivity index (χ3n) is 3.52. The van der Waals surface area contributed by atoms with E-state index in [4.69, 9.17) is 5.73 Å². The Bertz CT molecular complexity index is 796. The molecule has 112 valence electrons. The molecule has 0 aliphatic carbocycles. The van der Waals surface area contributed by atoms with Crippen molar-refractivity contribution < 1.29 is 0 Å². The Labute approximate surface area is 129 Å². The number of nitrogens with two attached hydrogens (primary N) is 1. The van der Waals surface area contributed by atoms with E-state index in [1.807, 2.05) is 31.3 Å². The molecule has 0 aliphatic rings. The molecule has 3 rings (SSSR count). The Morgan fingerprint density at radius 2 is 1.82 bits per heavy atom. The average molecular weight is 293 g/mol. The van der Waals surface area contributed by atoms with E-state index in [-0.39, 0.29) is 0 Å². The Morgan fingerprint density at radius 1 is 1.05 bits per heavy atom. The monoisotopic (exact) mass is 293 g/mol. The van der Waals surface area contributed by atoms with Gasteiger partial charge >= 0.3 is 0 Å². The van der Waals surface area contributed by atoms with Gasteiger partial charge in [0.25, 0.3) is 0 Å². The van der Waals surface area contributed by atoms with Crippen molar-refractivity contribution in [2.75, 3.05) is 23.4 Å². The Morgan fingerprint density at radius 3 is 2.55 bits per heavy atom. The highest BCUT2D eigenvalue weighted by atomic mass is 15.1. The number of anilines is 3. The lowest BCUT2D eigenvalue weighted by Gasteiger charge is -2.11. The molecule has 3 aromatic rings. The standard InChI is InChI=1S/C17H19N5/c1-11-3-8-14-15(9-11)21-17(19-2)22-16(14)20-10-12-4-6-13(18)7-5-12/h3-9H,10,18H2,1-2H3,(H2,19,20,21,22). The van der Waals surface area contributed by atoms with Crippen LogP contribution >= 0.6 is 0 Å². The van der Waals surface area contributed by atoms with Gasteiger partial charge in [-0.2, -0.15) is 4.98 Å². The maximum Gasteiger partial charge on any atom is 0.224 e. The number of nitrogens with zero attached hydrogens (tertiary/aromatic N) is 2. The van der Waals surface area contributed by atoms with Gasteiger partial charge in [-0.3, -0.25) is 0 Å². The molecule has 0 bridgehead atoms. The molecule has 0 saturated carbocycles. The molecule has 1 aromatic heterocycles. The maximum atomic E-state index is 5.71. The number of fused-ring (bicyclic) bond motifs is 1. The van der Waals surface area contributed by atoms with Crippen LogP contribution in [0.15, 0.2) is 42.5 Å². The van der Waals surface area contributed by atoms with E-state index in [0.717, 1.165) is 28.0 Å². The van der Waals surface area contributed by atoms with Crippen molar-refractivity contribution in [3.05, 3.63) is 53.6 Å². The first-order valence-corrected chi connectivity index (χ1v) is 7.20. The fraction of sp³-hybridized carbons (Fsp3) is 0.176. The molecule has 0 amide bonds. The van der Waals surface area contributed by atoms with Crippen LogP contribution in [0.4, 0.5) is 17.5 Å². The van der Waals surface area contributed by atoms with Crippen LogP contribution in [-0.4, -0.2) is 17.0 Å². The number of hydrogen-bond donors (Lipinski definition) is 3. The molecule has 0 spiro atoms. The van der Waals surface area contributed by atoms with E-state index in [1.165, 1.54) is 5.56 Å². The summed E-state index contributed by atoms with van der Waals surface area (Å²) in [7, 11) is 1.82. The zero-order chi connectivity index (χ0) is 15.5. The highest BCUT2D eigenvalue weighted by Crippen LogP contribution is 2.23. The van der Waals surface area contributed by atoms with Crippen LogP contribution in [0.5, 0.6) is 0 Å². The zero-order valence-electron chi connectivity index (χ0n) is 12.7. The predicted octanol–water partition coefficient (Wildman–Crippen LogP) is 3.17. The molecule has 0 aliphatic heterocycles. The van der Waals surface area contributed by atoms with E-state index in [1.54, 1.807) is 0 Å². The highest BCUT2D eigenvalue weighted by molar-refractivity contribution is 5.90. The van der Waals surface area contributed by atoms with E-state index >= 15 is 0 Å². The number of nitrogen functional groups attached to an aromatic ring is 1. The number of benzene rings is 2. The molecule has 22 heavy (non-hydrogen) atoms. The Hall–Kier alpha value is -2.82. The van der Waals surface area contributed by atoms with Crippen molar-refractivity contribution in [3.63, 3.8) is 0 Å². The fourth-order valence-electron chi connectivity index (χ4n) is 2.31. The van der Waals surface area contributed by atoms with Crippen molar-refractivity contribution in [2.24, 2.45) is 0 Å². The molecular weight excluding hydrogens is 274 g/mol. The summed E-state index contributed by atoms with van der Waals surface area (Å²) in [5.41, 5.74) is 9.74. The first kappa shape index (κ1) is 14.1. The van der Waals surface area contributed by atoms with Crippen LogP contribution in [-0.2, 0) is 6.54 Å². The molecule has 1 heterocycles. The molecule has 0 radical (unpaired) electrons. The van der Waals surface area contributed by atoms with E-state index in [0.29, 0.717) is 12.5 Å². The zero-order valence-corrected chi connectivity index (χ0v) is 12.7. The van der Waals surface area contributed by atoms with Gasteiger partial charge < -0.3 is 16.4 Å². The maximum absolute atomic E-state index is 5.71.